The van der Waals surface area contributed by atoms with Crippen molar-refractivity contribution in [3.63, 3.8) is 0 Å². The number of aliphatic imine (C=N–C) groups is 2. The summed E-state index contributed by atoms with van der Waals surface area (Å²) in [6.45, 7) is 6.23. The number of nitrogens with zero attached hydrogens (tertiary/aromatic N) is 2. The van der Waals surface area contributed by atoms with Gasteiger partial charge < -0.3 is 15.1 Å². The van der Waals surface area contributed by atoms with E-state index < -0.39 is 5.91 Å². The van der Waals surface area contributed by atoms with Crippen molar-refractivity contribution in [3.05, 3.63) is 71.0 Å². The van der Waals surface area contributed by atoms with Gasteiger partial charge in [-0.3, -0.25) is 14.9 Å². The minimum atomic E-state index is -0.409. The highest BCUT2D eigenvalue weighted by Crippen LogP contribution is 2.26. The van der Waals surface area contributed by atoms with E-state index in [0.29, 0.717) is 22.6 Å². The number of hydrogen-bond donors (Lipinski definition) is 3. The Morgan fingerprint density at radius 3 is 2.60 bits per heavy atom. The number of thioether (sulfide) groups is 1. The molecule has 0 spiro atoms. The number of carbonyl (C=O) groups is 2. The van der Waals surface area contributed by atoms with Crippen LogP contribution in [-0.2, 0) is 11.3 Å². The van der Waals surface area contributed by atoms with E-state index in [2.05, 4.69) is 50.9 Å². The monoisotopic (exact) mass is 491 g/mol. The normalized spacial score (nSPS) is 22.4. The van der Waals surface area contributed by atoms with E-state index in [1.54, 1.807) is 18.4 Å². The number of guanidine groups is 1. The van der Waals surface area contributed by atoms with Crippen LogP contribution in [0, 0.1) is 0 Å². The molecule has 1 aromatic heterocycles. The summed E-state index contributed by atoms with van der Waals surface area (Å²) in [5.41, 5.74) is 2.88. The van der Waals surface area contributed by atoms with Gasteiger partial charge in [-0.2, -0.15) is 0 Å². The molecule has 0 radical (unpaired) electrons. The summed E-state index contributed by atoms with van der Waals surface area (Å²) in [6.07, 6.45) is 9.06. The minimum Gasteiger partial charge on any atom is -0.464 e. The molecule has 2 heterocycles. The summed E-state index contributed by atoms with van der Waals surface area (Å²) in [4.78, 5) is 32.0. The molecule has 3 N–H and O–H groups in total. The summed E-state index contributed by atoms with van der Waals surface area (Å²) < 4.78 is 5.59. The molecule has 1 aliphatic carbocycles. The van der Waals surface area contributed by atoms with Crippen LogP contribution in [-0.4, -0.2) is 35.9 Å². The number of hydrogen-bond acceptors (Lipinski definition) is 6. The molecule has 2 amide bonds. The number of nitrogens with one attached hydrogen (secondary N) is 3. The number of imide groups is 1. The first kappa shape index (κ1) is 24.7. The van der Waals surface area contributed by atoms with E-state index in [9.17, 15) is 9.59 Å². The van der Waals surface area contributed by atoms with E-state index in [4.69, 9.17) is 4.42 Å². The smallest absolute Gasteiger partial charge is 0.290 e. The topological polar surface area (TPSA) is 108 Å². The largest absolute Gasteiger partial charge is 0.464 e. The molecule has 4 rings (SSSR count). The fourth-order valence-corrected chi connectivity index (χ4v) is 4.86. The van der Waals surface area contributed by atoms with Gasteiger partial charge in [-0.25, -0.2) is 9.98 Å². The fraction of sp³-hybridized carbons (Fsp3) is 0.308. The van der Waals surface area contributed by atoms with E-state index in [0.717, 1.165) is 55.3 Å². The Morgan fingerprint density at radius 2 is 1.94 bits per heavy atom. The first-order chi connectivity index (χ1) is 17.1. The Hall–Kier alpha value is -3.43. The molecule has 9 heteroatoms. The number of amides is 2. The molecular weight excluding hydrogens is 462 g/mol. The molecule has 1 aromatic carbocycles. The van der Waals surface area contributed by atoms with Crippen molar-refractivity contribution in [2.75, 3.05) is 0 Å². The van der Waals surface area contributed by atoms with E-state index in [1.165, 1.54) is 5.56 Å². The van der Waals surface area contributed by atoms with Crippen LogP contribution in [0.2, 0.25) is 0 Å². The summed E-state index contributed by atoms with van der Waals surface area (Å²) in [5.74, 6) is 0.885. The molecule has 35 heavy (non-hydrogen) atoms. The third kappa shape index (κ3) is 6.58. The van der Waals surface area contributed by atoms with Crippen molar-refractivity contribution in [1.82, 2.24) is 16.0 Å². The number of furan rings is 1. The van der Waals surface area contributed by atoms with Gasteiger partial charge in [-0.05, 0) is 74.9 Å². The van der Waals surface area contributed by atoms with E-state index >= 15 is 0 Å². The number of carbonyl (C=O) groups excluding carboxylic acids is 2. The van der Waals surface area contributed by atoms with Crippen molar-refractivity contribution in [2.45, 2.75) is 51.2 Å². The highest BCUT2D eigenvalue weighted by molar-refractivity contribution is 8.18. The predicted octanol–water partition coefficient (Wildman–Crippen LogP) is 4.76. The zero-order chi connectivity index (χ0) is 24.6. The minimum absolute atomic E-state index is 0.240. The van der Waals surface area contributed by atoms with Crippen LogP contribution in [0.5, 0.6) is 0 Å². The van der Waals surface area contributed by atoms with Gasteiger partial charge >= 0.3 is 0 Å². The molecule has 0 bridgehead atoms. The molecule has 1 aliphatic heterocycles. The second-order valence-corrected chi connectivity index (χ2v) is 9.38. The molecule has 2 aromatic rings. The molecule has 0 unspecified atom stereocenters. The Bertz CT molecular complexity index is 1160. The van der Waals surface area contributed by atoms with Gasteiger partial charge in [0.25, 0.3) is 11.1 Å². The first-order valence-electron chi connectivity index (χ1n) is 11.6. The Kier molecular flexibility index (Phi) is 8.33. The average molecular weight is 492 g/mol. The van der Waals surface area contributed by atoms with Crippen molar-refractivity contribution in [2.24, 2.45) is 9.98 Å². The summed E-state index contributed by atoms with van der Waals surface area (Å²) in [5, 5.41) is 8.94. The summed E-state index contributed by atoms with van der Waals surface area (Å²) >= 11 is 0.863. The molecular formula is C26H29N5O3S. The maximum Gasteiger partial charge on any atom is 0.290 e. The zero-order valence-electron chi connectivity index (χ0n) is 19.6. The lowest BCUT2D eigenvalue weighted by molar-refractivity contribution is -0.115. The van der Waals surface area contributed by atoms with Gasteiger partial charge in [0, 0.05) is 24.2 Å². The second-order valence-electron chi connectivity index (χ2n) is 8.37. The Balaban J connectivity index is 1.29. The maximum atomic E-state index is 11.8. The van der Waals surface area contributed by atoms with Gasteiger partial charge in [-0.1, -0.05) is 30.3 Å². The summed E-state index contributed by atoms with van der Waals surface area (Å²) in [6, 6.07) is 12.9. The van der Waals surface area contributed by atoms with Crippen molar-refractivity contribution < 1.29 is 14.0 Å². The van der Waals surface area contributed by atoms with Crippen LogP contribution in [0.15, 0.2) is 79.8 Å². The number of benzene rings is 1. The predicted molar refractivity (Wildman–Crippen MR) is 140 cm³/mol. The third-order valence-corrected chi connectivity index (χ3v) is 6.86. The van der Waals surface area contributed by atoms with Gasteiger partial charge in [0.15, 0.2) is 0 Å². The zero-order valence-corrected chi connectivity index (χ0v) is 20.4. The third-order valence-electron chi connectivity index (χ3n) is 6.05. The van der Waals surface area contributed by atoms with Gasteiger partial charge in [0.1, 0.15) is 5.76 Å². The fourth-order valence-electron chi connectivity index (χ4n) is 4.20. The van der Waals surface area contributed by atoms with Crippen molar-refractivity contribution in [3.8, 4) is 11.3 Å². The molecule has 8 nitrogen and oxygen atoms in total. The molecule has 182 valence electrons. The van der Waals surface area contributed by atoms with Gasteiger partial charge in [-0.15, -0.1) is 0 Å². The lowest BCUT2D eigenvalue weighted by Gasteiger charge is -2.30. The van der Waals surface area contributed by atoms with Crippen LogP contribution in [0.1, 0.15) is 38.2 Å². The lowest BCUT2D eigenvalue weighted by atomic mass is 9.91. The van der Waals surface area contributed by atoms with Crippen molar-refractivity contribution >= 4 is 35.6 Å². The second kappa shape index (κ2) is 11.8. The summed E-state index contributed by atoms with van der Waals surface area (Å²) in [7, 11) is 0. The Labute approximate surface area is 209 Å². The van der Waals surface area contributed by atoms with E-state index in [1.807, 2.05) is 25.1 Å². The number of rotatable bonds is 7. The quantitative estimate of drug-likeness (QED) is 0.293. The molecule has 1 saturated heterocycles. The van der Waals surface area contributed by atoms with Crippen LogP contribution in [0.25, 0.3) is 11.3 Å². The van der Waals surface area contributed by atoms with E-state index in [-0.39, 0.29) is 11.3 Å². The number of allylic oxidation sites excluding steroid dienone is 2. The standard InChI is InChI=1S/C26H29N5O3S/c1-3-18(15-23-24(32)31-26(33)35-23)29-25(27-2)30-20-12-10-19(11-13-20)28-16-17-7-4-5-8-21(17)22-9-6-14-34-22/h3-9,14-15,19-20,28H,2,10-13,16H2,1H3,(H,29,30)(H,31,32,33)/b18-3-,23-15-/t19-,20-. The van der Waals surface area contributed by atoms with Crippen molar-refractivity contribution in [1.29, 1.82) is 0 Å². The molecule has 1 saturated carbocycles. The van der Waals surface area contributed by atoms with Crippen LogP contribution in [0.4, 0.5) is 4.79 Å². The molecule has 2 fully saturated rings. The lowest BCUT2D eigenvalue weighted by Crippen LogP contribution is -2.41. The Morgan fingerprint density at radius 1 is 1.17 bits per heavy atom. The van der Waals surface area contributed by atoms with Gasteiger partial charge in [0.2, 0.25) is 5.96 Å². The molecule has 0 atom stereocenters. The van der Waals surface area contributed by atoms with Crippen LogP contribution >= 0.6 is 11.8 Å². The molecule has 2 aliphatic rings. The highest BCUT2D eigenvalue weighted by Gasteiger charge is 2.25. The average Bonchev–Trinajstić information content (AvgIpc) is 3.52. The highest BCUT2D eigenvalue weighted by atomic mass is 32.2. The van der Waals surface area contributed by atoms with Crippen LogP contribution < -0.4 is 16.0 Å². The van der Waals surface area contributed by atoms with Gasteiger partial charge in [0.05, 0.1) is 16.9 Å². The SMILES string of the molecule is C=N\C(=N/C(=C\C)/C=C1\SC(=O)NC1=O)N[C@H]1CC[C@H](NCc2ccccc2-c2ccco2)CC1. The first-order valence-corrected chi connectivity index (χ1v) is 12.5. The van der Waals surface area contributed by atoms with Crippen LogP contribution in [0.3, 0.4) is 0 Å². The maximum absolute atomic E-state index is 11.8.